The van der Waals surface area contributed by atoms with Crippen LogP contribution in [0.1, 0.15) is 12.5 Å². The standard InChI is InChI=1S/C19H19NO3S/c1-2-21-17-8-6-16(7-9-17)18-4-3-5-19(20-18)23-22-12-10-15-11-13-24-14-15/h3-9,11,13-14H,2,10,12H2,1H3. The van der Waals surface area contributed by atoms with E-state index in [0.29, 0.717) is 19.1 Å². The molecule has 24 heavy (non-hydrogen) atoms. The Morgan fingerprint density at radius 1 is 1.04 bits per heavy atom. The summed E-state index contributed by atoms with van der Waals surface area (Å²) < 4.78 is 5.45. The van der Waals surface area contributed by atoms with Crippen molar-refractivity contribution < 1.29 is 14.5 Å². The van der Waals surface area contributed by atoms with Gasteiger partial charge in [0.15, 0.2) is 0 Å². The van der Waals surface area contributed by atoms with Crippen molar-refractivity contribution in [3.05, 3.63) is 64.9 Å². The van der Waals surface area contributed by atoms with Gasteiger partial charge in [-0.3, -0.25) is 0 Å². The third-order valence-corrected chi connectivity index (χ3v) is 4.12. The van der Waals surface area contributed by atoms with Crippen LogP contribution in [0.15, 0.2) is 59.3 Å². The van der Waals surface area contributed by atoms with E-state index in [2.05, 4.69) is 21.8 Å². The first-order valence-electron chi connectivity index (χ1n) is 7.86. The Morgan fingerprint density at radius 3 is 2.67 bits per heavy atom. The summed E-state index contributed by atoms with van der Waals surface area (Å²) in [4.78, 5) is 15.0. The van der Waals surface area contributed by atoms with E-state index >= 15 is 0 Å². The number of thiophene rings is 1. The lowest BCUT2D eigenvalue weighted by molar-refractivity contribution is -0.208. The van der Waals surface area contributed by atoms with E-state index in [1.54, 1.807) is 17.4 Å². The van der Waals surface area contributed by atoms with Gasteiger partial charge in [0.1, 0.15) is 5.75 Å². The minimum Gasteiger partial charge on any atom is -0.494 e. The van der Waals surface area contributed by atoms with Gasteiger partial charge in [-0.1, -0.05) is 6.07 Å². The molecule has 0 bridgehead atoms. The molecule has 3 rings (SSSR count). The molecule has 0 unspecified atom stereocenters. The van der Waals surface area contributed by atoms with Gasteiger partial charge >= 0.3 is 0 Å². The van der Waals surface area contributed by atoms with Crippen LogP contribution in [0, 0.1) is 0 Å². The van der Waals surface area contributed by atoms with E-state index in [-0.39, 0.29) is 0 Å². The minimum atomic E-state index is 0.451. The number of hydrogen-bond donors (Lipinski definition) is 0. The van der Waals surface area contributed by atoms with E-state index in [0.717, 1.165) is 23.4 Å². The maximum atomic E-state index is 5.45. The second kappa shape index (κ2) is 8.47. The second-order valence-corrected chi connectivity index (χ2v) is 5.89. The molecule has 124 valence electrons. The normalized spacial score (nSPS) is 10.5. The summed E-state index contributed by atoms with van der Waals surface area (Å²) in [6, 6.07) is 15.5. The van der Waals surface area contributed by atoms with Crippen molar-refractivity contribution in [1.82, 2.24) is 4.98 Å². The zero-order chi connectivity index (χ0) is 16.6. The number of nitrogens with zero attached hydrogens (tertiary/aromatic N) is 1. The van der Waals surface area contributed by atoms with E-state index in [1.165, 1.54) is 5.56 Å². The molecule has 0 amide bonds. The molecule has 0 saturated carbocycles. The molecule has 1 aromatic carbocycles. The van der Waals surface area contributed by atoms with Crippen LogP contribution in [0.3, 0.4) is 0 Å². The van der Waals surface area contributed by atoms with Gasteiger partial charge in [-0.25, -0.2) is 4.98 Å². The van der Waals surface area contributed by atoms with Crippen molar-refractivity contribution in [3.8, 4) is 22.9 Å². The van der Waals surface area contributed by atoms with Crippen LogP contribution in [-0.2, 0) is 11.3 Å². The van der Waals surface area contributed by atoms with Gasteiger partial charge in [-0.05, 0) is 59.6 Å². The molecule has 5 heteroatoms. The number of pyridine rings is 1. The maximum absolute atomic E-state index is 5.45. The Labute approximate surface area is 145 Å². The first kappa shape index (κ1) is 16.5. The molecule has 4 nitrogen and oxygen atoms in total. The van der Waals surface area contributed by atoms with Crippen molar-refractivity contribution in [3.63, 3.8) is 0 Å². The first-order valence-corrected chi connectivity index (χ1v) is 8.80. The molecule has 3 aromatic rings. The van der Waals surface area contributed by atoms with Crippen LogP contribution < -0.4 is 9.62 Å². The van der Waals surface area contributed by atoms with E-state index < -0.39 is 0 Å². The van der Waals surface area contributed by atoms with Gasteiger partial charge in [0, 0.05) is 18.1 Å². The molecule has 2 heterocycles. The minimum absolute atomic E-state index is 0.451. The molecular weight excluding hydrogens is 322 g/mol. The fourth-order valence-electron chi connectivity index (χ4n) is 2.21. The van der Waals surface area contributed by atoms with Crippen LogP contribution in [0.5, 0.6) is 11.6 Å². The van der Waals surface area contributed by atoms with Gasteiger partial charge in [-0.15, -0.1) is 0 Å². The van der Waals surface area contributed by atoms with Crippen LogP contribution >= 0.6 is 11.3 Å². The maximum Gasteiger partial charge on any atom is 0.256 e. The smallest absolute Gasteiger partial charge is 0.256 e. The van der Waals surface area contributed by atoms with Crippen molar-refractivity contribution in [2.45, 2.75) is 13.3 Å². The van der Waals surface area contributed by atoms with Crippen molar-refractivity contribution in [2.24, 2.45) is 0 Å². The Bertz CT molecular complexity index is 742. The summed E-state index contributed by atoms with van der Waals surface area (Å²) in [6.45, 7) is 3.12. The van der Waals surface area contributed by atoms with E-state index in [4.69, 9.17) is 14.5 Å². The van der Waals surface area contributed by atoms with Gasteiger partial charge in [0.2, 0.25) is 0 Å². The van der Waals surface area contributed by atoms with Crippen molar-refractivity contribution in [1.29, 1.82) is 0 Å². The van der Waals surface area contributed by atoms with E-state index in [1.807, 2.05) is 43.3 Å². The summed E-state index contributed by atoms with van der Waals surface area (Å²) in [5.41, 5.74) is 3.08. The number of aromatic nitrogens is 1. The molecule has 0 atom stereocenters. The number of rotatable bonds is 8. The molecule has 0 fully saturated rings. The van der Waals surface area contributed by atoms with Crippen LogP contribution in [0.4, 0.5) is 0 Å². The highest BCUT2D eigenvalue weighted by atomic mass is 32.1. The predicted molar refractivity (Wildman–Crippen MR) is 95.4 cm³/mol. The molecule has 0 aliphatic heterocycles. The van der Waals surface area contributed by atoms with Crippen molar-refractivity contribution in [2.75, 3.05) is 13.2 Å². The first-order chi connectivity index (χ1) is 11.8. The van der Waals surface area contributed by atoms with Crippen LogP contribution in [0.25, 0.3) is 11.3 Å². The lowest BCUT2D eigenvalue weighted by Crippen LogP contribution is -2.03. The fourth-order valence-corrected chi connectivity index (χ4v) is 2.91. The highest BCUT2D eigenvalue weighted by Crippen LogP contribution is 2.22. The lowest BCUT2D eigenvalue weighted by Gasteiger charge is -2.07. The van der Waals surface area contributed by atoms with Crippen LogP contribution in [0.2, 0.25) is 0 Å². The molecular formula is C19H19NO3S. The monoisotopic (exact) mass is 341 g/mol. The number of benzene rings is 1. The molecule has 0 saturated heterocycles. The zero-order valence-corrected chi connectivity index (χ0v) is 14.3. The number of ether oxygens (including phenoxy) is 1. The summed E-state index contributed by atoms with van der Waals surface area (Å²) in [6.07, 6.45) is 0.822. The predicted octanol–water partition coefficient (Wildman–Crippen LogP) is 4.76. The van der Waals surface area contributed by atoms with Gasteiger partial charge in [-0.2, -0.15) is 16.2 Å². The molecule has 2 aromatic heterocycles. The Balaban J connectivity index is 1.57. The van der Waals surface area contributed by atoms with Crippen molar-refractivity contribution >= 4 is 11.3 Å². The third kappa shape index (κ3) is 4.57. The number of hydrogen-bond acceptors (Lipinski definition) is 5. The lowest BCUT2D eigenvalue weighted by atomic mass is 10.1. The average molecular weight is 341 g/mol. The topological polar surface area (TPSA) is 40.6 Å². The Morgan fingerprint density at radius 2 is 1.92 bits per heavy atom. The fraction of sp³-hybridized carbons (Fsp3) is 0.211. The molecule has 0 spiro atoms. The SMILES string of the molecule is CCOc1ccc(-c2cccc(OOCCc3ccsc3)n2)cc1. The summed E-state index contributed by atoms with van der Waals surface area (Å²) in [5, 5.41) is 4.16. The molecule has 0 aliphatic rings. The quantitative estimate of drug-likeness (QED) is 0.336. The summed E-state index contributed by atoms with van der Waals surface area (Å²) >= 11 is 1.68. The molecule has 0 N–H and O–H groups in total. The summed E-state index contributed by atoms with van der Waals surface area (Å²) in [7, 11) is 0. The highest BCUT2D eigenvalue weighted by Gasteiger charge is 2.04. The highest BCUT2D eigenvalue weighted by molar-refractivity contribution is 7.07. The van der Waals surface area contributed by atoms with Gasteiger partial charge in [0.05, 0.1) is 18.9 Å². The zero-order valence-electron chi connectivity index (χ0n) is 13.5. The largest absolute Gasteiger partial charge is 0.494 e. The van der Waals surface area contributed by atoms with E-state index in [9.17, 15) is 0 Å². The molecule has 0 radical (unpaired) electrons. The second-order valence-electron chi connectivity index (χ2n) is 5.11. The average Bonchev–Trinajstić information content (AvgIpc) is 3.13. The Hall–Kier alpha value is -2.37. The molecule has 0 aliphatic carbocycles. The van der Waals surface area contributed by atoms with Gasteiger partial charge in [0.25, 0.3) is 5.88 Å². The summed E-state index contributed by atoms with van der Waals surface area (Å²) in [5.74, 6) is 1.30. The Kier molecular flexibility index (Phi) is 5.82. The van der Waals surface area contributed by atoms with Gasteiger partial charge < -0.3 is 9.62 Å². The van der Waals surface area contributed by atoms with Crippen LogP contribution in [-0.4, -0.2) is 18.2 Å². The third-order valence-electron chi connectivity index (χ3n) is 3.38.